The Hall–Kier alpha value is -3.48. The average Bonchev–Trinajstić information content (AvgIpc) is 3.20. The summed E-state index contributed by atoms with van der Waals surface area (Å²) in [6.07, 6.45) is 2.90. The van der Waals surface area contributed by atoms with Gasteiger partial charge in [-0.15, -0.1) is 0 Å². The van der Waals surface area contributed by atoms with Gasteiger partial charge in [0.05, 0.1) is 12.6 Å². The molecule has 0 fully saturated rings. The van der Waals surface area contributed by atoms with E-state index in [1.165, 1.54) is 6.08 Å². The van der Waals surface area contributed by atoms with Crippen molar-refractivity contribution in [2.75, 3.05) is 20.0 Å². The molecule has 0 radical (unpaired) electrons. The van der Waals surface area contributed by atoms with E-state index in [1.807, 2.05) is 50.2 Å². The highest BCUT2D eigenvalue weighted by atomic mass is 16.7. The molecule has 2 aromatic carbocycles. The molecule has 0 spiro atoms. The molecule has 1 atom stereocenters. The second-order valence-corrected chi connectivity index (χ2v) is 6.34. The maximum Gasteiger partial charge on any atom is 0.331 e. The van der Waals surface area contributed by atoms with Gasteiger partial charge in [-0.25, -0.2) is 4.79 Å². The summed E-state index contributed by atoms with van der Waals surface area (Å²) in [7, 11) is 0. The Morgan fingerprint density at radius 1 is 1.14 bits per heavy atom. The number of amides is 1. The lowest BCUT2D eigenvalue weighted by Crippen LogP contribution is -2.30. The zero-order chi connectivity index (χ0) is 20.6. The molecule has 1 heterocycles. The number of fused-ring (bicyclic) bond motifs is 1. The van der Waals surface area contributed by atoms with E-state index in [9.17, 15) is 9.59 Å². The summed E-state index contributed by atoms with van der Waals surface area (Å²) >= 11 is 0. The van der Waals surface area contributed by atoms with Crippen molar-refractivity contribution in [3.05, 3.63) is 59.7 Å². The Morgan fingerprint density at radius 2 is 1.90 bits per heavy atom. The van der Waals surface area contributed by atoms with E-state index < -0.39 is 11.9 Å². The first-order valence-corrected chi connectivity index (χ1v) is 9.31. The standard InChI is InChI=1S/C22H23NO6/c1-3-26-18-8-4-16(5-9-18)6-11-22(25)27-13-21(24)23-15(2)17-7-10-19-20(12-17)29-14-28-19/h4-12,15H,3,13-14H2,1-2H3,(H,23,24)/b11-6+/t15-/m1/s1. The minimum absolute atomic E-state index is 0.194. The van der Waals surface area contributed by atoms with Crippen molar-refractivity contribution in [1.82, 2.24) is 5.32 Å². The molecule has 0 bridgehead atoms. The van der Waals surface area contributed by atoms with E-state index in [1.54, 1.807) is 12.1 Å². The fourth-order valence-electron chi connectivity index (χ4n) is 2.74. The van der Waals surface area contributed by atoms with Crippen LogP contribution in [0.2, 0.25) is 0 Å². The predicted molar refractivity (Wildman–Crippen MR) is 107 cm³/mol. The van der Waals surface area contributed by atoms with Crippen LogP contribution in [0.25, 0.3) is 6.08 Å². The Morgan fingerprint density at radius 3 is 2.66 bits per heavy atom. The lowest BCUT2D eigenvalue weighted by molar-refractivity contribution is -0.144. The molecule has 2 aromatic rings. The van der Waals surface area contributed by atoms with Crippen molar-refractivity contribution in [3.63, 3.8) is 0 Å². The fraction of sp³-hybridized carbons (Fsp3) is 0.273. The molecule has 0 aliphatic carbocycles. The van der Waals surface area contributed by atoms with Crippen LogP contribution in [-0.4, -0.2) is 31.9 Å². The first-order chi connectivity index (χ1) is 14.0. The quantitative estimate of drug-likeness (QED) is 0.544. The number of carbonyl (C=O) groups excluding carboxylic acids is 2. The lowest BCUT2D eigenvalue weighted by atomic mass is 10.1. The van der Waals surface area contributed by atoms with Crippen LogP contribution in [0.3, 0.4) is 0 Å². The van der Waals surface area contributed by atoms with E-state index in [0.717, 1.165) is 16.9 Å². The minimum Gasteiger partial charge on any atom is -0.494 e. The van der Waals surface area contributed by atoms with Gasteiger partial charge in [-0.2, -0.15) is 0 Å². The van der Waals surface area contributed by atoms with Crippen LogP contribution in [0.15, 0.2) is 48.5 Å². The Labute approximate surface area is 169 Å². The summed E-state index contributed by atoms with van der Waals surface area (Å²) in [5.74, 6) is 1.11. The van der Waals surface area contributed by atoms with Gasteiger partial charge < -0.3 is 24.3 Å². The molecule has 152 valence electrons. The number of esters is 1. The molecular formula is C22H23NO6. The molecular weight excluding hydrogens is 374 g/mol. The summed E-state index contributed by atoms with van der Waals surface area (Å²) in [6.45, 7) is 4.18. The van der Waals surface area contributed by atoms with Crippen LogP contribution in [0.4, 0.5) is 0 Å². The van der Waals surface area contributed by atoms with Crippen molar-refractivity contribution in [2.45, 2.75) is 19.9 Å². The SMILES string of the molecule is CCOc1ccc(/C=C/C(=O)OCC(=O)N[C@H](C)c2ccc3c(c2)OCO3)cc1. The van der Waals surface area contributed by atoms with Gasteiger partial charge in [0.2, 0.25) is 6.79 Å². The normalized spacial score (nSPS) is 13.2. The number of benzene rings is 2. The molecule has 0 aromatic heterocycles. The summed E-state index contributed by atoms with van der Waals surface area (Å²) in [4.78, 5) is 23.9. The number of ether oxygens (including phenoxy) is 4. The monoisotopic (exact) mass is 397 g/mol. The molecule has 3 rings (SSSR count). The van der Waals surface area contributed by atoms with Crippen LogP contribution < -0.4 is 19.5 Å². The van der Waals surface area contributed by atoms with Gasteiger partial charge in [0.15, 0.2) is 18.1 Å². The van der Waals surface area contributed by atoms with Gasteiger partial charge in [0.25, 0.3) is 5.91 Å². The smallest absolute Gasteiger partial charge is 0.331 e. The van der Waals surface area contributed by atoms with E-state index in [0.29, 0.717) is 18.1 Å². The molecule has 1 amide bonds. The van der Waals surface area contributed by atoms with Crippen molar-refractivity contribution in [2.24, 2.45) is 0 Å². The second kappa shape index (κ2) is 9.64. The van der Waals surface area contributed by atoms with Crippen molar-refractivity contribution >= 4 is 18.0 Å². The Balaban J connectivity index is 1.44. The van der Waals surface area contributed by atoms with Crippen LogP contribution in [-0.2, 0) is 14.3 Å². The molecule has 7 heteroatoms. The highest BCUT2D eigenvalue weighted by molar-refractivity contribution is 5.89. The third-order valence-electron chi connectivity index (χ3n) is 4.22. The molecule has 29 heavy (non-hydrogen) atoms. The van der Waals surface area contributed by atoms with Gasteiger partial charge >= 0.3 is 5.97 Å². The molecule has 0 saturated heterocycles. The fourth-order valence-corrected chi connectivity index (χ4v) is 2.74. The second-order valence-electron chi connectivity index (χ2n) is 6.34. The first-order valence-electron chi connectivity index (χ1n) is 9.31. The highest BCUT2D eigenvalue weighted by Crippen LogP contribution is 2.34. The van der Waals surface area contributed by atoms with Gasteiger partial charge in [0, 0.05) is 6.08 Å². The zero-order valence-corrected chi connectivity index (χ0v) is 16.3. The summed E-state index contributed by atoms with van der Waals surface area (Å²) in [5, 5.41) is 2.78. The van der Waals surface area contributed by atoms with E-state index in [-0.39, 0.29) is 19.4 Å². The molecule has 1 N–H and O–H groups in total. The van der Waals surface area contributed by atoms with Crippen LogP contribution in [0, 0.1) is 0 Å². The lowest BCUT2D eigenvalue weighted by Gasteiger charge is -2.14. The predicted octanol–water partition coefficient (Wildman–Crippen LogP) is 3.25. The number of hydrogen-bond acceptors (Lipinski definition) is 6. The topological polar surface area (TPSA) is 83.1 Å². The van der Waals surface area contributed by atoms with E-state index >= 15 is 0 Å². The Kier molecular flexibility index (Phi) is 6.73. The van der Waals surface area contributed by atoms with E-state index in [2.05, 4.69) is 5.32 Å². The van der Waals surface area contributed by atoms with Gasteiger partial charge in [0.1, 0.15) is 5.75 Å². The first kappa shape index (κ1) is 20.3. The van der Waals surface area contributed by atoms with Gasteiger partial charge in [-0.1, -0.05) is 18.2 Å². The van der Waals surface area contributed by atoms with Gasteiger partial charge in [-0.05, 0) is 55.3 Å². The zero-order valence-electron chi connectivity index (χ0n) is 16.3. The van der Waals surface area contributed by atoms with E-state index in [4.69, 9.17) is 18.9 Å². The number of rotatable bonds is 8. The van der Waals surface area contributed by atoms with Crippen LogP contribution in [0.5, 0.6) is 17.2 Å². The molecule has 1 aliphatic rings. The molecule has 0 unspecified atom stereocenters. The Bertz CT molecular complexity index is 891. The average molecular weight is 397 g/mol. The van der Waals surface area contributed by atoms with Crippen LogP contribution >= 0.6 is 0 Å². The molecule has 0 saturated carbocycles. The third kappa shape index (κ3) is 5.75. The minimum atomic E-state index is -0.593. The third-order valence-corrected chi connectivity index (χ3v) is 4.22. The number of nitrogens with one attached hydrogen (secondary N) is 1. The maximum absolute atomic E-state index is 12.1. The van der Waals surface area contributed by atoms with Crippen LogP contribution in [0.1, 0.15) is 31.0 Å². The highest BCUT2D eigenvalue weighted by Gasteiger charge is 2.17. The maximum atomic E-state index is 12.1. The number of carbonyl (C=O) groups is 2. The van der Waals surface area contributed by atoms with Gasteiger partial charge in [-0.3, -0.25) is 4.79 Å². The summed E-state index contributed by atoms with van der Waals surface area (Å²) in [5.41, 5.74) is 1.69. The molecule has 7 nitrogen and oxygen atoms in total. The summed E-state index contributed by atoms with van der Waals surface area (Å²) in [6, 6.07) is 12.5. The molecule has 1 aliphatic heterocycles. The van der Waals surface area contributed by atoms with Crippen molar-refractivity contribution in [3.8, 4) is 17.2 Å². The summed E-state index contributed by atoms with van der Waals surface area (Å²) < 4.78 is 21.0. The number of hydrogen-bond donors (Lipinski definition) is 1. The largest absolute Gasteiger partial charge is 0.494 e. The van der Waals surface area contributed by atoms with Crippen molar-refractivity contribution < 1.29 is 28.5 Å². The van der Waals surface area contributed by atoms with Crippen molar-refractivity contribution in [1.29, 1.82) is 0 Å².